The molecule has 0 amide bonds. The molecule has 1 aliphatic carbocycles. The molecular formula is C12H20ClN3O. The number of aromatic nitrogens is 2. The van der Waals surface area contributed by atoms with Crippen molar-refractivity contribution in [2.24, 2.45) is 18.7 Å². The zero-order valence-electron chi connectivity index (χ0n) is 10.4. The van der Waals surface area contributed by atoms with Gasteiger partial charge in [0.2, 0.25) is 0 Å². The molecule has 4 nitrogen and oxygen atoms in total. The van der Waals surface area contributed by atoms with Crippen LogP contribution in [0.15, 0.2) is 0 Å². The van der Waals surface area contributed by atoms with Crippen LogP contribution in [0, 0.1) is 12.8 Å². The van der Waals surface area contributed by atoms with Crippen LogP contribution in [0.5, 0.6) is 0 Å². The molecule has 1 heterocycles. The van der Waals surface area contributed by atoms with Gasteiger partial charge in [0.05, 0.1) is 29.1 Å². The van der Waals surface area contributed by atoms with Gasteiger partial charge in [-0.15, -0.1) is 0 Å². The van der Waals surface area contributed by atoms with Crippen molar-refractivity contribution in [1.82, 2.24) is 9.78 Å². The van der Waals surface area contributed by atoms with Gasteiger partial charge in [-0.3, -0.25) is 4.68 Å². The zero-order valence-corrected chi connectivity index (χ0v) is 11.2. The molecule has 1 saturated carbocycles. The van der Waals surface area contributed by atoms with Crippen LogP contribution in [0.4, 0.5) is 0 Å². The second kappa shape index (κ2) is 5.38. The van der Waals surface area contributed by atoms with E-state index in [-0.39, 0.29) is 6.10 Å². The molecule has 0 saturated heterocycles. The van der Waals surface area contributed by atoms with Gasteiger partial charge in [0.25, 0.3) is 0 Å². The monoisotopic (exact) mass is 257 g/mol. The second-order valence-electron chi connectivity index (χ2n) is 4.75. The van der Waals surface area contributed by atoms with E-state index in [0.29, 0.717) is 19.1 Å². The summed E-state index contributed by atoms with van der Waals surface area (Å²) < 4.78 is 7.74. The minimum Gasteiger partial charge on any atom is -0.372 e. The van der Waals surface area contributed by atoms with E-state index in [1.54, 1.807) is 4.68 Å². The van der Waals surface area contributed by atoms with Gasteiger partial charge in [0.15, 0.2) is 0 Å². The predicted molar refractivity (Wildman–Crippen MR) is 67.9 cm³/mol. The molecule has 0 bridgehead atoms. The van der Waals surface area contributed by atoms with Crippen LogP contribution in [0.2, 0.25) is 5.02 Å². The van der Waals surface area contributed by atoms with Crippen molar-refractivity contribution in [3.8, 4) is 0 Å². The minimum absolute atomic E-state index is 0.284. The highest BCUT2D eigenvalue weighted by atomic mass is 35.5. The topological polar surface area (TPSA) is 53.1 Å². The molecule has 2 N–H and O–H groups in total. The summed E-state index contributed by atoms with van der Waals surface area (Å²) in [7, 11) is 1.90. The van der Waals surface area contributed by atoms with Crippen LogP contribution in [0.25, 0.3) is 0 Å². The molecule has 0 aromatic carbocycles. The summed E-state index contributed by atoms with van der Waals surface area (Å²) in [6, 6.07) is 0. The van der Waals surface area contributed by atoms with Crippen LogP contribution in [0.1, 0.15) is 30.7 Å². The molecule has 2 atom stereocenters. The SMILES string of the molecule is Cc1nn(C)c(COC2CCCC2CN)c1Cl. The maximum atomic E-state index is 6.18. The number of ether oxygens (including phenoxy) is 1. The molecule has 1 fully saturated rings. The molecule has 0 radical (unpaired) electrons. The third kappa shape index (κ3) is 2.64. The lowest BCUT2D eigenvalue weighted by Crippen LogP contribution is -2.25. The fraction of sp³-hybridized carbons (Fsp3) is 0.750. The van der Waals surface area contributed by atoms with Crippen molar-refractivity contribution in [1.29, 1.82) is 0 Å². The summed E-state index contributed by atoms with van der Waals surface area (Å²) in [4.78, 5) is 0. The summed E-state index contributed by atoms with van der Waals surface area (Å²) in [5.41, 5.74) is 7.54. The highest BCUT2D eigenvalue weighted by Crippen LogP contribution is 2.29. The first-order chi connectivity index (χ1) is 8.13. The molecule has 0 aliphatic heterocycles. The minimum atomic E-state index is 0.284. The molecule has 2 rings (SSSR count). The molecule has 5 heteroatoms. The van der Waals surface area contributed by atoms with Gasteiger partial charge in [0.1, 0.15) is 0 Å². The standard InChI is InChI=1S/C12H20ClN3O/c1-8-12(13)10(16(2)15-8)7-17-11-5-3-4-9(11)6-14/h9,11H,3-7,14H2,1-2H3. The van der Waals surface area contributed by atoms with Crippen LogP contribution in [-0.2, 0) is 18.4 Å². The summed E-state index contributed by atoms with van der Waals surface area (Å²) in [6.07, 6.45) is 3.78. The van der Waals surface area contributed by atoms with Gasteiger partial charge in [-0.1, -0.05) is 18.0 Å². The largest absolute Gasteiger partial charge is 0.372 e. The molecule has 0 spiro atoms. The van der Waals surface area contributed by atoms with Crippen LogP contribution in [-0.4, -0.2) is 22.4 Å². The first kappa shape index (κ1) is 12.9. The van der Waals surface area contributed by atoms with Crippen molar-refractivity contribution in [2.75, 3.05) is 6.54 Å². The number of hydrogen-bond acceptors (Lipinski definition) is 3. The van der Waals surface area contributed by atoms with Crippen LogP contribution in [0.3, 0.4) is 0 Å². The lowest BCUT2D eigenvalue weighted by atomic mass is 10.1. The molecule has 17 heavy (non-hydrogen) atoms. The maximum Gasteiger partial charge on any atom is 0.0903 e. The molecular weight excluding hydrogens is 238 g/mol. The van der Waals surface area contributed by atoms with E-state index in [9.17, 15) is 0 Å². The highest BCUT2D eigenvalue weighted by molar-refractivity contribution is 6.31. The van der Waals surface area contributed by atoms with Crippen molar-refractivity contribution in [3.05, 3.63) is 16.4 Å². The fourth-order valence-corrected chi connectivity index (χ4v) is 2.73. The Morgan fingerprint density at radius 1 is 1.53 bits per heavy atom. The normalized spacial score (nSPS) is 24.5. The van der Waals surface area contributed by atoms with Gasteiger partial charge < -0.3 is 10.5 Å². The molecule has 96 valence electrons. The quantitative estimate of drug-likeness (QED) is 0.898. The average Bonchev–Trinajstić information content (AvgIpc) is 2.84. The number of halogens is 1. The Balaban J connectivity index is 1.97. The summed E-state index contributed by atoms with van der Waals surface area (Å²) in [5, 5.41) is 4.99. The van der Waals surface area contributed by atoms with Crippen LogP contribution >= 0.6 is 11.6 Å². The van der Waals surface area contributed by atoms with Gasteiger partial charge in [0, 0.05) is 7.05 Å². The Kier molecular flexibility index (Phi) is 4.07. The Bertz CT molecular complexity index is 391. The maximum absolute atomic E-state index is 6.18. The first-order valence-electron chi connectivity index (χ1n) is 6.13. The Labute approximate surface area is 107 Å². The zero-order chi connectivity index (χ0) is 12.4. The third-order valence-electron chi connectivity index (χ3n) is 3.59. The number of nitrogens with two attached hydrogens (primary N) is 1. The summed E-state index contributed by atoms with van der Waals surface area (Å²) in [6.45, 7) is 3.14. The fourth-order valence-electron chi connectivity index (χ4n) is 2.51. The van der Waals surface area contributed by atoms with Crippen LogP contribution < -0.4 is 5.73 Å². The van der Waals surface area contributed by atoms with Crippen molar-refractivity contribution < 1.29 is 4.74 Å². The molecule has 1 aliphatic rings. The summed E-state index contributed by atoms with van der Waals surface area (Å²) in [5.74, 6) is 0.503. The molecule has 2 unspecified atom stereocenters. The van der Waals surface area contributed by atoms with Crippen molar-refractivity contribution in [2.45, 2.75) is 38.9 Å². The Hall–Kier alpha value is -0.580. The van der Waals surface area contributed by atoms with E-state index in [1.165, 1.54) is 12.8 Å². The lowest BCUT2D eigenvalue weighted by Gasteiger charge is -2.18. The second-order valence-corrected chi connectivity index (χ2v) is 5.12. The highest BCUT2D eigenvalue weighted by Gasteiger charge is 2.27. The first-order valence-corrected chi connectivity index (χ1v) is 6.51. The number of hydrogen-bond donors (Lipinski definition) is 1. The molecule has 1 aromatic rings. The number of aryl methyl sites for hydroxylation is 2. The van der Waals surface area contributed by atoms with Gasteiger partial charge >= 0.3 is 0 Å². The molecule has 1 aromatic heterocycles. The number of rotatable bonds is 4. The van der Waals surface area contributed by atoms with Crippen molar-refractivity contribution >= 4 is 11.6 Å². The van der Waals surface area contributed by atoms with E-state index in [0.717, 1.165) is 22.8 Å². The average molecular weight is 258 g/mol. The smallest absolute Gasteiger partial charge is 0.0903 e. The van der Waals surface area contributed by atoms with E-state index < -0.39 is 0 Å². The Morgan fingerprint density at radius 2 is 2.29 bits per heavy atom. The van der Waals surface area contributed by atoms with Crippen molar-refractivity contribution in [3.63, 3.8) is 0 Å². The Morgan fingerprint density at radius 3 is 2.88 bits per heavy atom. The predicted octanol–water partition coefficient (Wildman–Crippen LogP) is 2.03. The van der Waals surface area contributed by atoms with Gasteiger partial charge in [-0.05, 0) is 32.2 Å². The van der Waals surface area contributed by atoms with E-state index in [2.05, 4.69) is 5.10 Å². The van der Waals surface area contributed by atoms with E-state index in [1.807, 2.05) is 14.0 Å². The lowest BCUT2D eigenvalue weighted by molar-refractivity contribution is 0.0152. The van der Waals surface area contributed by atoms with E-state index in [4.69, 9.17) is 22.1 Å². The van der Waals surface area contributed by atoms with E-state index >= 15 is 0 Å². The third-order valence-corrected chi connectivity index (χ3v) is 4.08. The van der Waals surface area contributed by atoms with Gasteiger partial charge in [-0.25, -0.2) is 0 Å². The number of nitrogens with zero attached hydrogens (tertiary/aromatic N) is 2. The van der Waals surface area contributed by atoms with Gasteiger partial charge in [-0.2, -0.15) is 5.10 Å². The summed E-state index contributed by atoms with van der Waals surface area (Å²) >= 11 is 6.18.